The molecule has 2 aliphatic heterocycles. The zero-order valence-corrected chi connectivity index (χ0v) is 22.3. The quantitative estimate of drug-likeness (QED) is 0.548. The molecule has 37 heavy (non-hydrogen) atoms. The molecule has 0 saturated carbocycles. The van der Waals surface area contributed by atoms with Crippen LogP contribution < -0.4 is 20.1 Å². The second-order valence-corrected chi connectivity index (χ2v) is 12.1. The number of carbonyl (C=O) groups excluding carboxylic acids is 1. The smallest absolute Gasteiger partial charge is 0.281 e. The molecule has 0 radical (unpaired) electrons. The zero-order valence-electron chi connectivity index (χ0n) is 21.5. The van der Waals surface area contributed by atoms with Gasteiger partial charge in [0.1, 0.15) is 17.7 Å². The van der Waals surface area contributed by atoms with Gasteiger partial charge in [-0.05, 0) is 70.1 Å². The van der Waals surface area contributed by atoms with Crippen molar-refractivity contribution < 1.29 is 27.1 Å². The van der Waals surface area contributed by atoms with Gasteiger partial charge in [0.25, 0.3) is 21.8 Å². The van der Waals surface area contributed by atoms with E-state index in [1.165, 1.54) is 18.2 Å². The van der Waals surface area contributed by atoms with E-state index in [9.17, 15) is 13.2 Å². The largest absolute Gasteiger partial charge is 0.472 e. The van der Waals surface area contributed by atoms with E-state index in [0.717, 1.165) is 25.3 Å². The lowest BCUT2D eigenvalue weighted by atomic mass is 9.95. The van der Waals surface area contributed by atoms with Crippen LogP contribution in [0, 0.1) is 17.7 Å². The molecule has 0 bridgehead atoms. The van der Waals surface area contributed by atoms with Crippen LogP contribution in [0.5, 0.6) is 5.88 Å². The van der Waals surface area contributed by atoms with Crippen LogP contribution in [0.2, 0.25) is 0 Å². The molecule has 202 valence electrons. The Bertz CT molecular complexity index is 1270. The van der Waals surface area contributed by atoms with Crippen molar-refractivity contribution in [3.05, 3.63) is 35.6 Å². The third-order valence-electron chi connectivity index (χ3n) is 6.97. The number of pyridine rings is 2. The lowest BCUT2D eigenvalue weighted by Gasteiger charge is -2.34. The Balaban J connectivity index is 1.70. The number of nitrogens with two attached hydrogens (primary N) is 1. The molecule has 0 spiro atoms. The number of carbonyl (C=O) groups is 1. The number of nitrogen functional groups attached to an aromatic ring is 1. The second-order valence-electron chi connectivity index (χ2n) is 10.5. The van der Waals surface area contributed by atoms with Gasteiger partial charge in [-0.25, -0.2) is 14.1 Å². The van der Waals surface area contributed by atoms with Crippen LogP contribution in [-0.4, -0.2) is 55.7 Å². The molecule has 2 aliphatic rings. The Morgan fingerprint density at radius 3 is 2.62 bits per heavy atom. The summed E-state index contributed by atoms with van der Waals surface area (Å²) in [5.74, 6) is -1.48. The second kappa shape index (κ2) is 10.4. The first-order chi connectivity index (χ1) is 17.4. The fraction of sp³-hybridized carbons (Fsp3) is 0.560. The van der Waals surface area contributed by atoms with E-state index < -0.39 is 32.3 Å². The molecule has 2 atom stereocenters. The third kappa shape index (κ3) is 5.96. The number of hydrogen-bond acceptors (Lipinski definition) is 9. The summed E-state index contributed by atoms with van der Waals surface area (Å²) in [4.78, 5) is 23.4. The number of rotatable bonds is 7. The summed E-state index contributed by atoms with van der Waals surface area (Å²) in [6.45, 7) is 9.74. The molecule has 0 aromatic carbocycles. The molecule has 1 amide bonds. The van der Waals surface area contributed by atoms with Crippen LogP contribution >= 0.6 is 0 Å². The van der Waals surface area contributed by atoms with Crippen molar-refractivity contribution in [2.45, 2.75) is 63.6 Å². The highest BCUT2D eigenvalue weighted by molar-refractivity contribution is 7.90. The highest BCUT2D eigenvalue weighted by Crippen LogP contribution is 2.39. The number of aromatic nitrogens is 2. The number of nitrogens with one attached hydrogen (secondary N) is 1. The summed E-state index contributed by atoms with van der Waals surface area (Å²) in [6, 6.07) is 5.04. The van der Waals surface area contributed by atoms with Crippen molar-refractivity contribution in [2.75, 3.05) is 30.4 Å². The summed E-state index contributed by atoms with van der Waals surface area (Å²) in [5, 5.41) is -0.420. The van der Waals surface area contributed by atoms with E-state index in [2.05, 4.69) is 16.9 Å². The van der Waals surface area contributed by atoms with Crippen LogP contribution in [0.4, 0.5) is 16.0 Å². The topological polar surface area (TPSA) is 137 Å². The van der Waals surface area contributed by atoms with Crippen molar-refractivity contribution >= 4 is 27.6 Å². The van der Waals surface area contributed by atoms with Crippen molar-refractivity contribution in [3.63, 3.8) is 0 Å². The average Bonchev–Trinajstić information content (AvgIpc) is 3.11. The van der Waals surface area contributed by atoms with Gasteiger partial charge in [0, 0.05) is 25.3 Å². The molecular weight excluding hydrogens is 501 g/mol. The predicted molar refractivity (Wildman–Crippen MR) is 136 cm³/mol. The molecule has 0 aliphatic carbocycles. The molecule has 4 rings (SSSR count). The van der Waals surface area contributed by atoms with Crippen molar-refractivity contribution in [2.24, 2.45) is 11.8 Å². The number of halogens is 1. The molecule has 1 unspecified atom stereocenters. The summed E-state index contributed by atoms with van der Waals surface area (Å²) in [6.07, 6.45) is 2.08. The van der Waals surface area contributed by atoms with Crippen molar-refractivity contribution in [1.29, 1.82) is 0 Å². The Kier molecular flexibility index (Phi) is 7.61. The first kappa shape index (κ1) is 27.1. The first-order valence-electron chi connectivity index (χ1n) is 12.4. The fourth-order valence-corrected chi connectivity index (χ4v) is 6.09. The van der Waals surface area contributed by atoms with E-state index in [1.54, 1.807) is 0 Å². The maximum absolute atomic E-state index is 15.3. The number of sulfonamides is 1. The summed E-state index contributed by atoms with van der Waals surface area (Å²) in [5.41, 5.74) is 4.99. The zero-order chi connectivity index (χ0) is 27.0. The van der Waals surface area contributed by atoms with E-state index in [4.69, 9.17) is 15.2 Å². The molecule has 4 heterocycles. The average molecular weight is 536 g/mol. The standard InChI is InChI=1S/C25H34FN5O5S/c1-15-13-25(3,4)31(14-15)22-18(23(32)30-37(33,34)21-7-5-6-20(27)28-21)12-19(26)24(29-22)36-16(2)17-8-10-35-11-9-17/h5-7,12,15-17H,8-11,13-14H2,1-4H3,(H2,27,28)(H,30,32)/t15-,16?/m0/s1. The van der Waals surface area contributed by atoms with Gasteiger partial charge in [-0.15, -0.1) is 0 Å². The molecule has 2 fully saturated rings. The van der Waals surface area contributed by atoms with Gasteiger partial charge in [0.15, 0.2) is 10.8 Å². The molecule has 10 nitrogen and oxygen atoms in total. The SMILES string of the molecule is CC(Oc1nc(N2C[C@@H](C)CC2(C)C)c(C(=O)NS(=O)(=O)c2cccc(N)n2)cc1F)C1CCOCC1. The fourth-order valence-electron chi connectivity index (χ4n) is 5.15. The number of anilines is 2. The summed E-state index contributed by atoms with van der Waals surface area (Å²) in [7, 11) is -4.37. The van der Waals surface area contributed by atoms with Crippen molar-refractivity contribution in [3.8, 4) is 5.88 Å². The molecule has 3 N–H and O–H groups in total. The number of amides is 1. The van der Waals surface area contributed by atoms with Gasteiger partial charge in [-0.3, -0.25) is 4.79 Å². The number of hydrogen-bond donors (Lipinski definition) is 2. The monoisotopic (exact) mass is 535 g/mol. The Labute approximate surface area is 216 Å². The summed E-state index contributed by atoms with van der Waals surface area (Å²) < 4.78 is 54.3. The van der Waals surface area contributed by atoms with Gasteiger partial charge in [-0.2, -0.15) is 13.4 Å². The lowest BCUT2D eigenvalue weighted by molar-refractivity contribution is 0.0213. The number of nitrogens with zero attached hydrogens (tertiary/aromatic N) is 3. The molecule has 12 heteroatoms. The Morgan fingerprint density at radius 1 is 1.30 bits per heavy atom. The minimum atomic E-state index is -4.37. The molecule has 2 aromatic heterocycles. The van der Waals surface area contributed by atoms with Gasteiger partial charge in [-0.1, -0.05) is 13.0 Å². The van der Waals surface area contributed by atoms with Crippen LogP contribution in [0.1, 0.15) is 57.3 Å². The van der Waals surface area contributed by atoms with Gasteiger partial charge < -0.3 is 20.1 Å². The van der Waals surface area contributed by atoms with Crippen LogP contribution in [-0.2, 0) is 14.8 Å². The molecular formula is C25H34FN5O5S. The maximum Gasteiger partial charge on any atom is 0.281 e. The minimum Gasteiger partial charge on any atom is -0.472 e. The predicted octanol–water partition coefficient (Wildman–Crippen LogP) is 3.14. The third-order valence-corrected chi connectivity index (χ3v) is 8.20. The highest BCUT2D eigenvalue weighted by atomic mass is 32.2. The Morgan fingerprint density at radius 2 is 2.00 bits per heavy atom. The van der Waals surface area contributed by atoms with E-state index >= 15 is 4.39 Å². The van der Waals surface area contributed by atoms with E-state index in [0.29, 0.717) is 19.8 Å². The van der Waals surface area contributed by atoms with E-state index in [-0.39, 0.29) is 41.0 Å². The minimum absolute atomic E-state index is 0.0170. The van der Waals surface area contributed by atoms with Crippen LogP contribution in [0.25, 0.3) is 0 Å². The lowest BCUT2D eigenvalue weighted by Crippen LogP contribution is -2.41. The van der Waals surface area contributed by atoms with E-state index in [1.807, 2.05) is 30.4 Å². The van der Waals surface area contributed by atoms with Gasteiger partial charge in [0.05, 0.1) is 5.56 Å². The Hall–Kier alpha value is -2.99. The highest BCUT2D eigenvalue weighted by Gasteiger charge is 2.40. The van der Waals surface area contributed by atoms with Crippen LogP contribution in [0.3, 0.4) is 0 Å². The number of ether oxygens (including phenoxy) is 2. The van der Waals surface area contributed by atoms with Crippen LogP contribution in [0.15, 0.2) is 29.3 Å². The first-order valence-corrected chi connectivity index (χ1v) is 13.9. The van der Waals surface area contributed by atoms with Gasteiger partial charge >= 0.3 is 0 Å². The van der Waals surface area contributed by atoms with Gasteiger partial charge in [0.2, 0.25) is 0 Å². The normalized spacial score (nSPS) is 21.0. The maximum atomic E-state index is 15.3. The van der Waals surface area contributed by atoms with Crippen molar-refractivity contribution in [1.82, 2.24) is 14.7 Å². The molecule has 2 aromatic rings. The summed E-state index contributed by atoms with van der Waals surface area (Å²) >= 11 is 0. The molecule has 2 saturated heterocycles.